The fourth-order valence-electron chi connectivity index (χ4n) is 1.84. The van der Waals surface area contributed by atoms with Crippen LogP contribution in [0.25, 0.3) is 0 Å². The maximum absolute atomic E-state index is 13.5. The van der Waals surface area contributed by atoms with Crippen molar-refractivity contribution in [2.75, 3.05) is 0 Å². The van der Waals surface area contributed by atoms with E-state index < -0.39 is 29.3 Å². The van der Waals surface area contributed by atoms with Gasteiger partial charge in [-0.05, 0) is 24.1 Å². The first-order valence-corrected chi connectivity index (χ1v) is 5.62. The summed E-state index contributed by atoms with van der Waals surface area (Å²) in [6, 6.07) is 5.79. The van der Waals surface area contributed by atoms with Crippen molar-refractivity contribution in [1.82, 2.24) is 0 Å². The lowest BCUT2D eigenvalue weighted by atomic mass is 9.98. The van der Waals surface area contributed by atoms with E-state index >= 15 is 0 Å². The Kier molecular flexibility index (Phi) is 3.85. The highest BCUT2D eigenvalue weighted by atomic mass is 19.2. The summed E-state index contributed by atoms with van der Waals surface area (Å²) >= 11 is 0. The van der Waals surface area contributed by atoms with Gasteiger partial charge in [0, 0.05) is 17.7 Å². The Labute approximate surface area is 107 Å². The zero-order valence-corrected chi connectivity index (χ0v) is 9.84. The Balaban J connectivity index is 2.25. The number of benzene rings is 2. The van der Waals surface area contributed by atoms with Crippen molar-refractivity contribution in [2.45, 2.75) is 12.5 Å². The third-order valence-electron chi connectivity index (χ3n) is 2.84. The molecular weight excluding hydrogens is 258 g/mol. The monoisotopic (exact) mass is 269 g/mol. The van der Waals surface area contributed by atoms with Crippen molar-refractivity contribution < 1.29 is 17.6 Å². The van der Waals surface area contributed by atoms with Crippen LogP contribution in [0.5, 0.6) is 0 Å². The molecule has 2 aromatic carbocycles. The van der Waals surface area contributed by atoms with E-state index in [1.165, 1.54) is 18.2 Å². The highest BCUT2D eigenvalue weighted by molar-refractivity contribution is 5.26. The van der Waals surface area contributed by atoms with E-state index in [2.05, 4.69) is 0 Å². The zero-order chi connectivity index (χ0) is 14.0. The van der Waals surface area contributed by atoms with Crippen LogP contribution >= 0.6 is 0 Å². The van der Waals surface area contributed by atoms with Crippen LogP contribution in [0.2, 0.25) is 0 Å². The minimum absolute atomic E-state index is 0.0382. The molecule has 0 amide bonds. The number of nitrogens with two attached hydrogens (primary N) is 1. The Hall–Kier alpha value is -1.88. The second-order valence-electron chi connectivity index (χ2n) is 4.19. The Morgan fingerprint density at radius 1 is 0.947 bits per heavy atom. The first-order valence-electron chi connectivity index (χ1n) is 5.62. The van der Waals surface area contributed by atoms with E-state index in [4.69, 9.17) is 5.73 Å². The van der Waals surface area contributed by atoms with Gasteiger partial charge in [-0.3, -0.25) is 0 Å². The van der Waals surface area contributed by atoms with Gasteiger partial charge in [-0.25, -0.2) is 17.6 Å². The fourth-order valence-corrected chi connectivity index (χ4v) is 1.84. The van der Waals surface area contributed by atoms with E-state index in [1.807, 2.05) is 0 Å². The average Bonchev–Trinajstić information content (AvgIpc) is 2.36. The molecule has 1 nitrogen and oxygen atoms in total. The Morgan fingerprint density at radius 3 is 2.37 bits per heavy atom. The van der Waals surface area contributed by atoms with Crippen LogP contribution in [0.3, 0.4) is 0 Å². The summed E-state index contributed by atoms with van der Waals surface area (Å²) in [7, 11) is 0. The molecule has 0 aromatic heterocycles. The van der Waals surface area contributed by atoms with Gasteiger partial charge < -0.3 is 5.73 Å². The summed E-state index contributed by atoms with van der Waals surface area (Å²) in [5, 5.41) is 0. The molecule has 2 N–H and O–H groups in total. The van der Waals surface area contributed by atoms with Crippen LogP contribution in [-0.4, -0.2) is 0 Å². The summed E-state index contributed by atoms with van der Waals surface area (Å²) in [4.78, 5) is 0. The SMILES string of the molecule is NC(Cc1ccc(F)cc1F)c1cccc(F)c1F. The van der Waals surface area contributed by atoms with Gasteiger partial charge in [0.1, 0.15) is 11.6 Å². The normalized spacial score (nSPS) is 12.5. The van der Waals surface area contributed by atoms with Crippen LogP contribution in [0.1, 0.15) is 17.2 Å². The molecule has 0 heterocycles. The van der Waals surface area contributed by atoms with Crippen molar-refractivity contribution in [2.24, 2.45) is 5.73 Å². The van der Waals surface area contributed by atoms with Crippen molar-refractivity contribution in [3.05, 3.63) is 70.8 Å². The molecule has 1 unspecified atom stereocenters. The number of rotatable bonds is 3. The topological polar surface area (TPSA) is 26.0 Å². The van der Waals surface area contributed by atoms with E-state index in [1.54, 1.807) is 0 Å². The number of halogens is 4. The standard InChI is InChI=1S/C14H11F4N/c15-9-5-4-8(12(17)7-9)6-13(19)10-2-1-3-11(16)14(10)18/h1-5,7,13H,6,19H2. The van der Waals surface area contributed by atoms with Gasteiger partial charge >= 0.3 is 0 Å². The number of hydrogen-bond donors (Lipinski definition) is 1. The molecule has 0 aliphatic heterocycles. The van der Waals surface area contributed by atoms with Crippen LogP contribution in [-0.2, 0) is 6.42 Å². The molecule has 2 rings (SSSR count). The van der Waals surface area contributed by atoms with Crippen molar-refractivity contribution >= 4 is 0 Å². The van der Waals surface area contributed by atoms with E-state index in [0.29, 0.717) is 0 Å². The van der Waals surface area contributed by atoms with Gasteiger partial charge in [0.05, 0.1) is 0 Å². The molecule has 100 valence electrons. The molecule has 0 radical (unpaired) electrons. The second kappa shape index (κ2) is 5.40. The lowest BCUT2D eigenvalue weighted by Gasteiger charge is -2.14. The van der Waals surface area contributed by atoms with Gasteiger partial charge in [-0.1, -0.05) is 18.2 Å². The smallest absolute Gasteiger partial charge is 0.163 e. The van der Waals surface area contributed by atoms with Crippen LogP contribution in [0.4, 0.5) is 17.6 Å². The molecule has 0 spiro atoms. The maximum atomic E-state index is 13.5. The Morgan fingerprint density at radius 2 is 1.68 bits per heavy atom. The Bertz CT molecular complexity index is 598. The first kappa shape index (κ1) is 13.5. The van der Waals surface area contributed by atoms with Gasteiger partial charge in [0.25, 0.3) is 0 Å². The summed E-state index contributed by atoms with van der Waals surface area (Å²) in [6.45, 7) is 0. The molecule has 0 bridgehead atoms. The van der Waals surface area contributed by atoms with E-state index in [9.17, 15) is 17.6 Å². The summed E-state index contributed by atoms with van der Waals surface area (Å²) < 4.78 is 52.8. The van der Waals surface area contributed by atoms with Gasteiger partial charge in [-0.2, -0.15) is 0 Å². The lowest BCUT2D eigenvalue weighted by Crippen LogP contribution is -2.16. The molecule has 0 aliphatic rings. The van der Waals surface area contributed by atoms with Crippen molar-refractivity contribution in [3.8, 4) is 0 Å². The molecule has 0 aliphatic carbocycles. The van der Waals surface area contributed by atoms with Crippen molar-refractivity contribution in [1.29, 1.82) is 0 Å². The number of hydrogen-bond acceptors (Lipinski definition) is 1. The van der Waals surface area contributed by atoms with E-state index in [-0.39, 0.29) is 17.5 Å². The van der Waals surface area contributed by atoms with Gasteiger partial charge in [0.15, 0.2) is 11.6 Å². The molecule has 0 fully saturated rings. The summed E-state index contributed by atoms with van der Waals surface area (Å²) in [5.74, 6) is -3.51. The second-order valence-corrected chi connectivity index (χ2v) is 4.19. The first-order chi connectivity index (χ1) is 8.99. The fraction of sp³-hybridized carbons (Fsp3) is 0.143. The molecule has 5 heteroatoms. The van der Waals surface area contributed by atoms with Crippen LogP contribution in [0, 0.1) is 23.3 Å². The maximum Gasteiger partial charge on any atom is 0.163 e. The van der Waals surface area contributed by atoms with Crippen molar-refractivity contribution in [3.63, 3.8) is 0 Å². The molecule has 0 saturated heterocycles. The minimum atomic E-state index is -1.04. The highest BCUT2D eigenvalue weighted by Crippen LogP contribution is 2.22. The minimum Gasteiger partial charge on any atom is -0.324 e. The molecule has 0 saturated carbocycles. The molecular formula is C14H11F4N. The predicted octanol–water partition coefficient (Wildman–Crippen LogP) is 3.49. The van der Waals surface area contributed by atoms with Crippen LogP contribution < -0.4 is 5.73 Å². The zero-order valence-electron chi connectivity index (χ0n) is 9.84. The third kappa shape index (κ3) is 2.93. The average molecular weight is 269 g/mol. The molecule has 1 atom stereocenters. The van der Waals surface area contributed by atoms with Gasteiger partial charge in [-0.15, -0.1) is 0 Å². The van der Waals surface area contributed by atoms with Crippen LogP contribution in [0.15, 0.2) is 36.4 Å². The lowest BCUT2D eigenvalue weighted by molar-refractivity contribution is 0.485. The quantitative estimate of drug-likeness (QED) is 0.848. The third-order valence-corrected chi connectivity index (χ3v) is 2.84. The van der Waals surface area contributed by atoms with Gasteiger partial charge in [0.2, 0.25) is 0 Å². The molecule has 2 aromatic rings. The van der Waals surface area contributed by atoms with E-state index in [0.717, 1.165) is 18.2 Å². The largest absolute Gasteiger partial charge is 0.324 e. The highest BCUT2D eigenvalue weighted by Gasteiger charge is 2.16. The predicted molar refractivity (Wildman–Crippen MR) is 63.3 cm³/mol. The summed E-state index contributed by atoms with van der Waals surface area (Å²) in [5.41, 5.74) is 5.85. The molecule has 19 heavy (non-hydrogen) atoms. The summed E-state index contributed by atoms with van der Waals surface area (Å²) in [6.07, 6.45) is -0.0491.